The summed E-state index contributed by atoms with van der Waals surface area (Å²) in [6, 6.07) is 4.05. The zero-order chi connectivity index (χ0) is 20.9. The van der Waals surface area contributed by atoms with E-state index >= 15 is 0 Å². The van der Waals surface area contributed by atoms with Crippen molar-refractivity contribution in [1.29, 1.82) is 0 Å². The lowest BCUT2D eigenvalue weighted by Gasteiger charge is -2.31. The van der Waals surface area contributed by atoms with Crippen LogP contribution in [-0.4, -0.2) is 65.4 Å². The molecule has 2 amide bonds. The van der Waals surface area contributed by atoms with E-state index in [1.54, 1.807) is 11.3 Å². The van der Waals surface area contributed by atoms with Crippen LogP contribution in [0.1, 0.15) is 55.4 Å². The third-order valence-electron chi connectivity index (χ3n) is 6.69. The molecule has 7 heteroatoms. The van der Waals surface area contributed by atoms with Crippen molar-refractivity contribution in [2.45, 2.75) is 44.9 Å². The maximum absolute atomic E-state index is 13.0. The van der Waals surface area contributed by atoms with Crippen molar-refractivity contribution >= 4 is 33.4 Å². The number of rotatable bonds is 6. The van der Waals surface area contributed by atoms with Crippen LogP contribution in [0.15, 0.2) is 17.5 Å². The van der Waals surface area contributed by atoms with Crippen molar-refractivity contribution in [3.63, 3.8) is 0 Å². The van der Waals surface area contributed by atoms with Gasteiger partial charge in [0.15, 0.2) is 0 Å². The van der Waals surface area contributed by atoms with E-state index in [4.69, 9.17) is 0 Å². The Kier molecular flexibility index (Phi) is 7.10. The van der Waals surface area contributed by atoms with Crippen LogP contribution in [0.3, 0.4) is 0 Å². The molecule has 2 aliphatic rings. The first kappa shape index (κ1) is 21.4. The molecule has 0 bridgehead atoms. The van der Waals surface area contributed by atoms with Crippen LogP contribution in [0.25, 0.3) is 10.2 Å². The van der Waals surface area contributed by atoms with Gasteiger partial charge in [0.2, 0.25) is 5.91 Å². The van der Waals surface area contributed by atoms with Gasteiger partial charge in [0.05, 0.1) is 10.2 Å². The molecule has 0 saturated carbocycles. The van der Waals surface area contributed by atoms with Gasteiger partial charge < -0.3 is 19.7 Å². The average Bonchev–Trinajstić information content (AvgIpc) is 3.24. The van der Waals surface area contributed by atoms with Gasteiger partial charge in [0.25, 0.3) is 5.91 Å². The Balaban J connectivity index is 1.19. The number of amides is 2. The molecule has 4 rings (SSSR count). The van der Waals surface area contributed by atoms with Crippen LogP contribution in [0.5, 0.6) is 0 Å². The van der Waals surface area contributed by atoms with Crippen LogP contribution in [0.2, 0.25) is 0 Å². The molecule has 0 spiro atoms. The molecule has 2 aromatic heterocycles. The minimum atomic E-state index is 0.0316. The van der Waals surface area contributed by atoms with Gasteiger partial charge >= 0.3 is 0 Å². The number of fused-ring (bicyclic) bond motifs is 1. The van der Waals surface area contributed by atoms with Gasteiger partial charge in [-0.25, -0.2) is 0 Å². The van der Waals surface area contributed by atoms with Crippen LogP contribution >= 0.6 is 11.3 Å². The largest absolute Gasteiger partial charge is 0.356 e. The summed E-state index contributed by atoms with van der Waals surface area (Å²) in [7, 11) is 1.95. The number of likely N-dealkylation sites (tertiary alicyclic amines) is 2. The molecular formula is C23H34N4O2S. The smallest absolute Gasteiger partial charge is 0.270 e. The number of carbonyl (C=O) groups is 2. The number of aryl methyl sites for hydroxylation is 1. The molecule has 6 nitrogen and oxygen atoms in total. The second kappa shape index (κ2) is 9.96. The first-order valence-corrected chi connectivity index (χ1v) is 12.3. The minimum Gasteiger partial charge on any atom is -0.356 e. The number of aromatic nitrogens is 1. The molecule has 0 atom stereocenters. The van der Waals surface area contributed by atoms with Gasteiger partial charge in [-0.1, -0.05) is 12.8 Å². The van der Waals surface area contributed by atoms with Crippen molar-refractivity contribution in [2.24, 2.45) is 13.0 Å². The van der Waals surface area contributed by atoms with Gasteiger partial charge in [0.1, 0.15) is 5.69 Å². The Morgan fingerprint density at radius 2 is 1.83 bits per heavy atom. The van der Waals surface area contributed by atoms with E-state index in [0.29, 0.717) is 13.1 Å². The van der Waals surface area contributed by atoms with Gasteiger partial charge in [0, 0.05) is 32.6 Å². The summed E-state index contributed by atoms with van der Waals surface area (Å²) in [5, 5.41) is 5.19. The monoisotopic (exact) mass is 430 g/mol. The van der Waals surface area contributed by atoms with E-state index in [0.717, 1.165) is 48.3 Å². The molecule has 1 N–H and O–H groups in total. The fraction of sp³-hybridized carbons (Fsp3) is 0.652. The molecule has 0 aliphatic carbocycles. The minimum absolute atomic E-state index is 0.0316. The predicted molar refractivity (Wildman–Crippen MR) is 122 cm³/mol. The molecule has 2 aromatic rings. The lowest BCUT2D eigenvalue weighted by atomic mass is 9.95. The molecule has 164 valence electrons. The van der Waals surface area contributed by atoms with E-state index in [1.165, 1.54) is 38.8 Å². The fourth-order valence-electron chi connectivity index (χ4n) is 4.78. The zero-order valence-corrected chi connectivity index (χ0v) is 18.9. The molecule has 0 unspecified atom stereocenters. The third kappa shape index (κ3) is 4.89. The standard InChI is InChI=1S/C23H34N4O2S/c1-25-19-9-16-30-21(19)17-20(25)23(29)27-14-7-18(8-15-27)22(28)24-10-6-13-26-11-4-2-3-5-12-26/h9,16-18H,2-8,10-15H2,1H3,(H,24,28). The van der Waals surface area contributed by atoms with Gasteiger partial charge in [-0.15, -0.1) is 11.3 Å². The first-order chi connectivity index (χ1) is 14.6. The van der Waals surface area contributed by atoms with Crippen LogP contribution in [0, 0.1) is 5.92 Å². The highest BCUT2D eigenvalue weighted by Gasteiger charge is 2.29. The quantitative estimate of drug-likeness (QED) is 0.714. The fourth-order valence-corrected chi connectivity index (χ4v) is 5.63. The van der Waals surface area contributed by atoms with Crippen molar-refractivity contribution in [3.8, 4) is 0 Å². The summed E-state index contributed by atoms with van der Waals surface area (Å²) < 4.78 is 3.13. The maximum atomic E-state index is 13.0. The highest BCUT2D eigenvalue weighted by molar-refractivity contribution is 7.17. The summed E-state index contributed by atoms with van der Waals surface area (Å²) in [5.74, 6) is 0.277. The lowest BCUT2D eigenvalue weighted by Crippen LogP contribution is -2.43. The normalized spacial score (nSPS) is 19.2. The van der Waals surface area contributed by atoms with Gasteiger partial charge in [-0.05, 0) is 69.3 Å². The lowest BCUT2D eigenvalue weighted by molar-refractivity contribution is -0.126. The van der Waals surface area contributed by atoms with E-state index in [1.807, 2.05) is 22.6 Å². The molecule has 0 radical (unpaired) electrons. The van der Waals surface area contributed by atoms with Crippen molar-refractivity contribution in [3.05, 3.63) is 23.2 Å². The van der Waals surface area contributed by atoms with E-state index in [9.17, 15) is 9.59 Å². The number of hydrogen-bond donors (Lipinski definition) is 1. The summed E-state index contributed by atoms with van der Waals surface area (Å²) >= 11 is 1.66. The number of nitrogens with zero attached hydrogens (tertiary/aromatic N) is 3. The molecule has 30 heavy (non-hydrogen) atoms. The topological polar surface area (TPSA) is 57.6 Å². The number of hydrogen-bond acceptors (Lipinski definition) is 4. The summed E-state index contributed by atoms with van der Waals surface area (Å²) in [6.07, 6.45) is 7.86. The summed E-state index contributed by atoms with van der Waals surface area (Å²) in [6.45, 7) is 5.57. The molecule has 2 fully saturated rings. The highest BCUT2D eigenvalue weighted by Crippen LogP contribution is 2.26. The maximum Gasteiger partial charge on any atom is 0.270 e. The van der Waals surface area contributed by atoms with E-state index < -0.39 is 0 Å². The van der Waals surface area contributed by atoms with Crippen molar-refractivity contribution < 1.29 is 9.59 Å². The SMILES string of the molecule is Cn1c(C(=O)N2CCC(C(=O)NCCCN3CCCCCC3)CC2)cc2sccc21. The Bertz CT molecular complexity index is 858. The number of nitrogens with one attached hydrogen (secondary N) is 1. The molecule has 2 aliphatic heterocycles. The summed E-state index contributed by atoms with van der Waals surface area (Å²) in [5.41, 5.74) is 1.85. The predicted octanol–water partition coefficient (Wildman–Crippen LogP) is 3.47. The molecule has 4 heterocycles. The third-order valence-corrected chi connectivity index (χ3v) is 7.54. The molecule has 0 aromatic carbocycles. The second-order valence-corrected chi connectivity index (χ2v) is 9.67. The van der Waals surface area contributed by atoms with Crippen LogP contribution < -0.4 is 5.32 Å². The Labute approximate surface area is 183 Å². The second-order valence-electron chi connectivity index (χ2n) is 8.73. The highest BCUT2D eigenvalue weighted by atomic mass is 32.1. The van der Waals surface area contributed by atoms with Crippen molar-refractivity contribution in [2.75, 3.05) is 39.3 Å². The van der Waals surface area contributed by atoms with Gasteiger partial charge in [-0.3, -0.25) is 9.59 Å². The van der Waals surface area contributed by atoms with E-state index in [2.05, 4.69) is 21.7 Å². The Morgan fingerprint density at radius 1 is 1.10 bits per heavy atom. The van der Waals surface area contributed by atoms with Crippen molar-refractivity contribution in [1.82, 2.24) is 19.7 Å². The van der Waals surface area contributed by atoms with Gasteiger partial charge in [-0.2, -0.15) is 0 Å². The van der Waals surface area contributed by atoms with E-state index in [-0.39, 0.29) is 17.7 Å². The average molecular weight is 431 g/mol. The number of thiophene rings is 1. The molecular weight excluding hydrogens is 396 g/mol. The first-order valence-electron chi connectivity index (χ1n) is 11.5. The van der Waals surface area contributed by atoms with Crippen LogP contribution in [-0.2, 0) is 11.8 Å². The zero-order valence-electron chi connectivity index (χ0n) is 18.1. The summed E-state index contributed by atoms with van der Waals surface area (Å²) in [4.78, 5) is 30.0. The Morgan fingerprint density at radius 3 is 2.53 bits per heavy atom. The number of carbonyl (C=O) groups excluding carboxylic acids is 2. The molecule has 2 saturated heterocycles. The van der Waals surface area contributed by atoms with Crippen LogP contribution in [0.4, 0.5) is 0 Å². The Hall–Kier alpha value is -1.86. The number of piperidine rings is 1.